The Kier molecular flexibility index (Phi) is 53.8. The Bertz CT molecular complexity index is 2090. The third-order valence-electron chi connectivity index (χ3n) is 16.0. The predicted molar refractivity (Wildman–Crippen MR) is 350 cm³/mol. The van der Waals surface area contributed by atoms with Gasteiger partial charge >= 0.3 is 41.8 Å². The molecule has 0 aliphatic heterocycles. The molecule has 0 aromatic rings. The molecule has 8 atom stereocenters. The Morgan fingerprint density at radius 3 is 1.45 bits per heavy atom. The lowest BCUT2D eigenvalue weighted by atomic mass is 9.82. The largest absolute Gasteiger partial charge is 0.481 e. The van der Waals surface area contributed by atoms with Gasteiger partial charge in [0, 0.05) is 25.2 Å². The van der Waals surface area contributed by atoms with Crippen LogP contribution < -0.4 is 0 Å². The van der Waals surface area contributed by atoms with Crippen molar-refractivity contribution in [2.24, 2.45) is 35.5 Å². The summed E-state index contributed by atoms with van der Waals surface area (Å²) in [6, 6.07) is 0. The van der Waals surface area contributed by atoms with Gasteiger partial charge in [-0.1, -0.05) is 210 Å². The smallest absolute Gasteiger partial charge is 0.309 e. The summed E-state index contributed by atoms with van der Waals surface area (Å²) in [7, 11) is 0. The SMILES string of the molecule is CCCCCCCCC(/C=C/CCCCCCC(=O)OC(COC(=O)CCCCCCC/C=C\C=C\C(CCCCC)C(C)C(=O)OCC(O)CO)COC(=O)CCCCCCC/C=C\C/C=C\C=C\C(CC)C(CC(=O)O)C(=O)O)C(CC(=O)O)C(C)=O. The molecule has 0 amide bonds. The molecule has 8 unspecified atom stereocenters. The predicted octanol–water partition coefficient (Wildman–Crippen LogP) is 15.5. The fourth-order valence-corrected chi connectivity index (χ4v) is 10.4. The second-order valence-corrected chi connectivity index (χ2v) is 23.9. The maximum atomic E-state index is 13.1. The summed E-state index contributed by atoms with van der Waals surface area (Å²) in [6.07, 6.45) is 48.8. The number of aliphatic carboxylic acids is 3. The maximum absolute atomic E-state index is 13.1. The Balaban J connectivity index is 5.18. The van der Waals surface area contributed by atoms with Crippen molar-refractivity contribution < 1.29 is 82.8 Å². The zero-order valence-corrected chi connectivity index (χ0v) is 55.3. The molecule has 17 heteroatoms. The van der Waals surface area contributed by atoms with Gasteiger partial charge in [0.25, 0.3) is 0 Å². The number of aliphatic hydroxyl groups is 2. The van der Waals surface area contributed by atoms with Crippen LogP contribution in [0.3, 0.4) is 0 Å². The normalized spacial score (nSPS) is 14.7. The molecule has 0 spiro atoms. The summed E-state index contributed by atoms with van der Waals surface area (Å²) in [5, 5.41) is 46.6. The van der Waals surface area contributed by atoms with E-state index in [0.29, 0.717) is 32.1 Å². The van der Waals surface area contributed by atoms with Crippen LogP contribution in [0.25, 0.3) is 0 Å². The molecule has 0 saturated heterocycles. The van der Waals surface area contributed by atoms with Gasteiger partial charge in [-0.2, -0.15) is 0 Å². The number of allylic oxidation sites excluding steroid dienone is 12. The van der Waals surface area contributed by atoms with Crippen LogP contribution in [-0.4, -0.2) is 112 Å². The fourth-order valence-electron chi connectivity index (χ4n) is 10.4. The first-order valence-electron chi connectivity index (χ1n) is 34.0. The molecular formula is C72H118O17. The van der Waals surface area contributed by atoms with E-state index in [9.17, 15) is 53.7 Å². The number of carbonyl (C=O) groups is 8. The minimum absolute atomic E-state index is 0.00428. The van der Waals surface area contributed by atoms with E-state index >= 15 is 0 Å². The molecule has 17 nitrogen and oxygen atoms in total. The van der Waals surface area contributed by atoms with Gasteiger partial charge < -0.3 is 44.5 Å². The van der Waals surface area contributed by atoms with Gasteiger partial charge in [0.1, 0.15) is 31.7 Å². The number of ether oxygens (including phenoxy) is 4. The molecule has 0 heterocycles. The Hall–Kier alpha value is -5.68. The number of esters is 4. The average Bonchev–Trinajstić information content (AvgIpc) is 3.72. The van der Waals surface area contributed by atoms with Gasteiger partial charge in [0.2, 0.25) is 0 Å². The molecule has 0 aromatic heterocycles. The summed E-state index contributed by atoms with van der Waals surface area (Å²) in [5.41, 5.74) is 0. The van der Waals surface area contributed by atoms with E-state index < -0.39 is 78.9 Å². The first-order chi connectivity index (χ1) is 42.9. The quantitative estimate of drug-likeness (QED) is 0.0124. The molecule has 0 fully saturated rings. The highest BCUT2D eigenvalue weighted by atomic mass is 16.6. The highest BCUT2D eigenvalue weighted by molar-refractivity contribution is 5.83. The van der Waals surface area contributed by atoms with Crippen molar-refractivity contribution in [2.45, 2.75) is 272 Å². The molecule has 508 valence electrons. The number of Topliss-reactive ketones (excluding diaryl/α,β-unsaturated/α-hetero) is 1. The van der Waals surface area contributed by atoms with E-state index in [4.69, 9.17) is 29.2 Å². The molecule has 0 aromatic carbocycles. The lowest BCUT2D eigenvalue weighted by Gasteiger charge is -2.21. The number of carboxylic acids is 3. The molecular weight excluding hydrogens is 1140 g/mol. The minimum atomic E-state index is -1.13. The number of hydrogen-bond acceptors (Lipinski definition) is 14. The number of ketones is 1. The number of rotatable bonds is 60. The van der Waals surface area contributed by atoms with E-state index in [-0.39, 0.29) is 75.0 Å². The molecule has 5 N–H and O–H groups in total. The summed E-state index contributed by atoms with van der Waals surface area (Å²) in [6.45, 7) is 8.30. The van der Waals surface area contributed by atoms with E-state index in [0.717, 1.165) is 148 Å². The molecule has 0 bridgehead atoms. The molecule has 0 rings (SSSR count). The van der Waals surface area contributed by atoms with Gasteiger partial charge in [-0.3, -0.25) is 38.4 Å². The van der Waals surface area contributed by atoms with Crippen LogP contribution in [0.15, 0.2) is 72.9 Å². The first-order valence-corrected chi connectivity index (χ1v) is 34.0. The van der Waals surface area contributed by atoms with Crippen LogP contribution in [0.2, 0.25) is 0 Å². The van der Waals surface area contributed by atoms with Crippen molar-refractivity contribution in [3.8, 4) is 0 Å². The third kappa shape index (κ3) is 48.8. The van der Waals surface area contributed by atoms with E-state index in [1.807, 2.05) is 50.3 Å². The van der Waals surface area contributed by atoms with Gasteiger partial charge in [0.05, 0.1) is 31.3 Å². The zero-order valence-electron chi connectivity index (χ0n) is 55.3. The molecule has 89 heavy (non-hydrogen) atoms. The number of unbranched alkanes of at least 4 members (excludes halogenated alkanes) is 21. The first kappa shape index (κ1) is 83.3. The topological polar surface area (TPSA) is 275 Å². The van der Waals surface area contributed by atoms with Crippen LogP contribution in [0.5, 0.6) is 0 Å². The number of carbonyl (C=O) groups excluding carboxylic acids is 5. The number of aliphatic hydroxyl groups excluding tert-OH is 2. The lowest BCUT2D eigenvalue weighted by Crippen LogP contribution is -2.30. The van der Waals surface area contributed by atoms with Crippen LogP contribution >= 0.6 is 0 Å². The summed E-state index contributed by atoms with van der Waals surface area (Å²) in [4.78, 5) is 98.1. The van der Waals surface area contributed by atoms with Crippen LogP contribution in [0.4, 0.5) is 0 Å². The van der Waals surface area contributed by atoms with Crippen LogP contribution in [-0.2, 0) is 57.3 Å². The zero-order chi connectivity index (χ0) is 66.1. The van der Waals surface area contributed by atoms with Crippen molar-refractivity contribution in [3.63, 3.8) is 0 Å². The number of carboxylic acid groups (broad SMARTS) is 3. The van der Waals surface area contributed by atoms with Gasteiger partial charge in [0.15, 0.2) is 6.10 Å². The van der Waals surface area contributed by atoms with Crippen LogP contribution in [0.1, 0.15) is 259 Å². The van der Waals surface area contributed by atoms with Crippen molar-refractivity contribution in [2.75, 3.05) is 26.4 Å². The van der Waals surface area contributed by atoms with Crippen molar-refractivity contribution in [3.05, 3.63) is 72.9 Å². The van der Waals surface area contributed by atoms with E-state index in [1.165, 1.54) is 19.8 Å². The van der Waals surface area contributed by atoms with E-state index in [2.05, 4.69) is 38.2 Å². The maximum Gasteiger partial charge on any atom is 0.309 e. The molecule has 0 aliphatic rings. The van der Waals surface area contributed by atoms with Crippen LogP contribution in [0, 0.1) is 35.5 Å². The molecule has 0 radical (unpaired) electrons. The minimum Gasteiger partial charge on any atom is -0.481 e. The fraction of sp³-hybridized carbons (Fsp3) is 0.722. The second kappa shape index (κ2) is 57.5. The van der Waals surface area contributed by atoms with Crippen molar-refractivity contribution in [1.82, 2.24) is 0 Å². The second-order valence-electron chi connectivity index (χ2n) is 23.9. The van der Waals surface area contributed by atoms with Gasteiger partial charge in [-0.15, -0.1) is 0 Å². The standard InChI is InChI=1S/C72H118O17/c1-6-9-11-12-28-38-46-61(64(58(5)74)51-66(76)77)47-39-31-26-27-34-42-50-70(82)89-63(55-86-68(80)48-40-32-24-20-16-14-13-15-18-22-29-36-43-59(8-3)65(71(83)84)52-67(78)79)56-87-69(81)49-41-33-25-21-17-19-23-30-37-45-60(44-35-10-7-2)57(4)72(85)88-54-62(75)53-73/h13,15,22-23,29-30,36-37,39,43,45,47,57,59-65,73,75H,6-12,14,16-21,24-28,31-35,38,40-42,44,46,48-56H2,1-5H3,(H,76,77)(H,78,79)(H,83,84)/b15-13-,29-22-,30-23-,43-36+,45-37+,47-39+. The summed E-state index contributed by atoms with van der Waals surface area (Å²) >= 11 is 0. The Labute approximate surface area is 534 Å². The number of hydrogen-bond donors (Lipinski definition) is 5. The summed E-state index contributed by atoms with van der Waals surface area (Å²) in [5.74, 6) is -7.38. The Morgan fingerprint density at radius 1 is 0.449 bits per heavy atom. The van der Waals surface area contributed by atoms with E-state index in [1.54, 1.807) is 12.2 Å². The Morgan fingerprint density at radius 2 is 0.910 bits per heavy atom. The van der Waals surface area contributed by atoms with Crippen molar-refractivity contribution >= 4 is 47.6 Å². The lowest BCUT2D eigenvalue weighted by molar-refractivity contribution is -0.167. The summed E-state index contributed by atoms with van der Waals surface area (Å²) < 4.78 is 22.0. The molecule has 0 aliphatic carbocycles. The highest BCUT2D eigenvalue weighted by Crippen LogP contribution is 2.27. The van der Waals surface area contributed by atoms with Crippen molar-refractivity contribution in [1.29, 1.82) is 0 Å². The van der Waals surface area contributed by atoms with Gasteiger partial charge in [-0.25, -0.2) is 0 Å². The van der Waals surface area contributed by atoms with Gasteiger partial charge in [-0.05, 0) is 108 Å². The average molecular weight is 1260 g/mol. The third-order valence-corrected chi connectivity index (χ3v) is 16.0. The molecule has 0 saturated carbocycles. The highest BCUT2D eigenvalue weighted by Gasteiger charge is 2.29. The monoisotopic (exact) mass is 1250 g/mol.